The molecule has 0 aliphatic heterocycles. The largest absolute Gasteiger partial charge is 0.356 e. The van der Waals surface area contributed by atoms with Crippen LogP contribution in [-0.2, 0) is 9.47 Å². The lowest BCUT2D eigenvalue weighted by atomic mass is 10.7. The van der Waals surface area contributed by atoms with Crippen molar-refractivity contribution in [2.75, 3.05) is 28.3 Å². The lowest BCUT2D eigenvalue weighted by Crippen LogP contribution is -2.35. The minimum Gasteiger partial charge on any atom is -0.356 e. The molecule has 0 fully saturated rings. The Balaban J connectivity index is 3.90. The molecular weight excluding hydrogens is 170 g/mol. The topological polar surface area (TPSA) is 21.7 Å². The van der Waals surface area contributed by atoms with Crippen LogP contribution in [0.15, 0.2) is 12.3 Å². The number of methoxy groups -OCH3 is 2. The van der Waals surface area contributed by atoms with E-state index < -0.39 is 8.96 Å². The van der Waals surface area contributed by atoms with Crippen molar-refractivity contribution in [3.05, 3.63) is 12.3 Å². The highest BCUT2D eigenvalue weighted by Crippen LogP contribution is 2.05. The molecule has 1 unspecified atom stereocenters. The summed E-state index contributed by atoms with van der Waals surface area (Å²) in [5.41, 5.74) is 2.03. The molecule has 0 N–H and O–H groups in total. The van der Waals surface area contributed by atoms with Gasteiger partial charge in [-0.15, -0.1) is 6.58 Å². The molecule has 0 aromatic rings. The monoisotopic (exact) mass is 189 g/mol. The van der Waals surface area contributed by atoms with Crippen LogP contribution in [0.25, 0.3) is 0 Å². The van der Waals surface area contributed by atoms with Crippen molar-refractivity contribution in [3.63, 3.8) is 0 Å². The molecule has 0 aliphatic carbocycles. The Morgan fingerprint density at radius 2 is 1.92 bits per heavy atom. The van der Waals surface area contributed by atoms with Crippen LogP contribution in [0.1, 0.15) is 0 Å². The van der Waals surface area contributed by atoms with Crippen LogP contribution < -0.4 is 0 Å². The Kier molecular flexibility index (Phi) is 6.28. The van der Waals surface area contributed by atoms with Gasteiger partial charge in [0.25, 0.3) is 0 Å². The van der Waals surface area contributed by atoms with Gasteiger partial charge in [0.15, 0.2) is 6.29 Å². The molecule has 0 aromatic carbocycles. The van der Waals surface area contributed by atoms with E-state index in [9.17, 15) is 0 Å². The molecule has 4 heteroatoms. The molecule has 0 aliphatic rings. The maximum absolute atomic E-state index is 5.12. The van der Waals surface area contributed by atoms with E-state index in [1.165, 1.54) is 0 Å². The van der Waals surface area contributed by atoms with Crippen LogP contribution in [0.5, 0.6) is 0 Å². The van der Waals surface area contributed by atoms with E-state index in [-0.39, 0.29) is 6.29 Å². The highest BCUT2D eigenvalue weighted by molar-refractivity contribution is 6.61. The Hall–Kier alpha value is -0.163. The van der Waals surface area contributed by atoms with Gasteiger partial charge >= 0.3 is 0 Å². The maximum Gasteiger partial charge on any atom is 0.155 e. The Morgan fingerprint density at radius 1 is 1.42 bits per heavy atom. The van der Waals surface area contributed by atoms with Crippen molar-refractivity contribution in [1.29, 1.82) is 0 Å². The SMILES string of the molecule is C=C[SiH](CC(OC)OC)N(C)C. The zero-order chi connectivity index (χ0) is 9.56. The predicted octanol–water partition coefficient (Wildman–Crippen LogP) is 0.616. The Labute approximate surface area is 76.6 Å². The number of hydrogen-bond acceptors (Lipinski definition) is 3. The average Bonchev–Trinajstić information content (AvgIpc) is 2.06. The van der Waals surface area contributed by atoms with Crippen LogP contribution >= 0.6 is 0 Å². The molecule has 1 atom stereocenters. The maximum atomic E-state index is 5.12. The van der Waals surface area contributed by atoms with Gasteiger partial charge in [0.1, 0.15) is 8.96 Å². The average molecular weight is 189 g/mol. The molecule has 72 valence electrons. The predicted molar refractivity (Wildman–Crippen MR) is 53.6 cm³/mol. The number of nitrogens with zero attached hydrogens (tertiary/aromatic N) is 1. The molecule has 0 aromatic heterocycles. The lowest BCUT2D eigenvalue weighted by Gasteiger charge is -2.22. The van der Waals surface area contributed by atoms with Gasteiger partial charge in [0.2, 0.25) is 0 Å². The number of ether oxygens (including phenoxy) is 2. The van der Waals surface area contributed by atoms with Gasteiger partial charge in [-0.1, -0.05) is 5.70 Å². The summed E-state index contributed by atoms with van der Waals surface area (Å²) >= 11 is 0. The van der Waals surface area contributed by atoms with E-state index in [0.29, 0.717) is 0 Å². The molecular formula is C8H19NO2Si. The van der Waals surface area contributed by atoms with Gasteiger partial charge in [-0.25, -0.2) is 0 Å². The van der Waals surface area contributed by atoms with Crippen LogP contribution in [0, 0.1) is 0 Å². The molecule has 0 saturated carbocycles. The fourth-order valence-electron chi connectivity index (χ4n) is 1.00. The molecule has 0 saturated heterocycles. The van der Waals surface area contributed by atoms with Crippen molar-refractivity contribution < 1.29 is 9.47 Å². The third-order valence-corrected chi connectivity index (χ3v) is 4.63. The molecule has 0 rings (SSSR count). The summed E-state index contributed by atoms with van der Waals surface area (Å²) in [6.45, 7) is 3.81. The summed E-state index contributed by atoms with van der Waals surface area (Å²) in [5.74, 6) is 0. The summed E-state index contributed by atoms with van der Waals surface area (Å²) < 4.78 is 12.5. The van der Waals surface area contributed by atoms with Gasteiger partial charge in [0, 0.05) is 20.3 Å². The normalized spacial score (nSPS) is 13.8. The first-order valence-electron chi connectivity index (χ1n) is 4.00. The molecule has 0 spiro atoms. The van der Waals surface area contributed by atoms with E-state index in [0.717, 1.165) is 6.04 Å². The fraction of sp³-hybridized carbons (Fsp3) is 0.750. The molecule has 0 radical (unpaired) electrons. The fourth-order valence-corrected chi connectivity index (χ4v) is 2.82. The highest BCUT2D eigenvalue weighted by atomic mass is 28.3. The number of hydrogen-bond donors (Lipinski definition) is 0. The van der Waals surface area contributed by atoms with E-state index >= 15 is 0 Å². The van der Waals surface area contributed by atoms with E-state index in [4.69, 9.17) is 9.47 Å². The van der Waals surface area contributed by atoms with Crippen LogP contribution in [-0.4, -0.2) is 48.1 Å². The van der Waals surface area contributed by atoms with E-state index in [1.807, 2.05) is 5.70 Å². The smallest absolute Gasteiger partial charge is 0.155 e. The first-order valence-corrected chi connectivity index (χ1v) is 6.00. The first-order chi connectivity index (χ1) is 5.65. The molecule has 0 bridgehead atoms. The summed E-state index contributed by atoms with van der Waals surface area (Å²) in [5, 5.41) is 0. The number of rotatable bonds is 6. The summed E-state index contributed by atoms with van der Waals surface area (Å²) in [4.78, 5) is 0. The van der Waals surface area contributed by atoms with Crippen molar-refractivity contribution in [2.24, 2.45) is 0 Å². The molecule has 0 heterocycles. The standard InChI is InChI=1S/C8H19NO2Si/c1-6-12(9(2)3)7-8(10-4)11-5/h6,8,12H,1,7H2,2-5H3. The zero-order valence-electron chi connectivity index (χ0n) is 8.41. The van der Waals surface area contributed by atoms with Crippen molar-refractivity contribution in [2.45, 2.75) is 12.3 Å². The van der Waals surface area contributed by atoms with Crippen molar-refractivity contribution >= 4 is 8.96 Å². The van der Waals surface area contributed by atoms with E-state index in [1.54, 1.807) is 14.2 Å². The summed E-state index contributed by atoms with van der Waals surface area (Å²) in [7, 11) is 6.44. The van der Waals surface area contributed by atoms with Gasteiger partial charge in [0.05, 0.1) is 0 Å². The van der Waals surface area contributed by atoms with Crippen LogP contribution in [0.3, 0.4) is 0 Å². The van der Waals surface area contributed by atoms with Gasteiger partial charge < -0.3 is 14.0 Å². The summed E-state index contributed by atoms with van der Waals surface area (Å²) in [6, 6.07) is 0.948. The minimum atomic E-state index is -1.03. The van der Waals surface area contributed by atoms with Gasteiger partial charge in [-0.2, -0.15) is 0 Å². The van der Waals surface area contributed by atoms with E-state index in [2.05, 4.69) is 25.2 Å². The highest BCUT2D eigenvalue weighted by Gasteiger charge is 2.15. The molecule has 12 heavy (non-hydrogen) atoms. The molecule has 3 nitrogen and oxygen atoms in total. The first kappa shape index (κ1) is 11.8. The van der Waals surface area contributed by atoms with Gasteiger partial charge in [-0.05, 0) is 14.1 Å². The van der Waals surface area contributed by atoms with Gasteiger partial charge in [-0.3, -0.25) is 0 Å². The van der Waals surface area contributed by atoms with Crippen LogP contribution in [0.2, 0.25) is 6.04 Å². The summed E-state index contributed by atoms with van der Waals surface area (Å²) in [6.07, 6.45) is -0.0814. The quantitative estimate of drug-likeness (QED) is 0.451. The second kappa shape index (κ2) is 6.36. The third kappa shape index (κ3) is 4.01. The minimum absolute atomic E-state index is 0.0814. The second-order valence-corrected chi connectivity index (χ2v) is 6.01. The zero-order valence-corrected chi connectivity index (χ0v) is 9.56. The third-order valence-electron chi connectivity index (χ3n) is 1.90. The van der Waals surface area contributed by atoms with Crippen molar-refractivity contribution in [1.82, 2.24) is 4.57 Å². The second-order valence-electron chi connectivity index (χ2n) is 2.90. The lowest BCUT2D eigenvalue weighted by molar-refractivity contribution is -0.0884. The van der Waals surface area contributed by atoms with Crippen molar-refractivity contribution in [3.8, 4) is 0 Å². The van der Waals surface area contributed by atoms with Crippen LogP contribution in [0.4, 0.5) is 0 Å². The Bertz CT molecular complexity index is 126. The molecule has 0 amide bonds. The Morgan fingerprint density at radius 3 is 2.17 bits per heavy atom.